The van der Waals surface area contributed by atoms with E-state index in [0.29, 0.717) is 25.1 Å². The molecule has 2 aromatic carbocycles. The Balaban J connectivity index is 1.44. The Labute approximate surface area is 237 Å². The quantitative estimate of drug-likeness (QED) is 0.507. The fraction of sp³-hybridized carbons (Fsp3) is 0.500. The highest BCUT2D eigenvalue weighted by Crippen LogP contribution is 2.36. The zero-order chi connectivity index (χ0) is 29.2. The maximum Gasteiger partial charge on any atom is 0.494 e. The van der Waals surface area contributed by atoms with Gasteiger partial charge in [0.05, 0.1) is 18.3 Å². The van der Waals surface area contributed by atoms with Crippen LogP contribution >= 0.6 is 0 Å². The first-order valence-corrected chi connectivity index (χ1v) is 13.8. The summed E-state index contributed by atoms with van der Waals surface area (Å²) in [4.78, 5) is 40.0. The first-order valence-electron chi connectivity index (χ1n) is 13.8. The van der Waals surface area contributed by atoms with Crippen LogP contribution in [-0.4, -0.2) is 66.9 Å². The number of amides is 3. The number of hydrogen-bond acceptors (Lipinski definition) is 6. The van der Waals surface area contributed by atoms with E-state index in [1.54, 1.807) is 4.90 Å². The molecular weight excluding hydrogens is 509 g/mol. The molecule has 0 aromatic heterocycles. The number of rotatable bonds is 7. The molecule has 2 saturated heterocycles. The maximum absolute atomic E-state index is 13.3. The Bertz CT molecular complexity index is 1230. The fourth-order valence-electron chi connectivity index (χ4n) is 5.00. The second-order valence-electron chi connectivity index (χ2n) is 11.8. The van der Waals surface area contributed by atoms with Crippen molar-refractivity contribution < 1.29 is 28.4 Å². The van der Waals surface area contributed by atoms with Gasteiger partial charge < -0.3 is 29.6 Å². The summed E-state index contributed by atoms with van der Waals surface area (Å²) in [7, 11) is 0.825. The van der Waals surface area contributed by atoms with Gasteiger partial charge in [0.1, 0.15) is 12.1 Å². The molecule has 0 radical (unpaired) electrons. The van der Waals surface area contributed by atoms with Gasteiger partial charge in [-0.15, -0.1) is 0 Å². The average molecular weight is 549 g/mol. The van der Waals surface area contributed by atoms with Gasteiger partial charge in [0, 0.05) is 12.2 Å². The molecule has 2 heterocycles. The molecule has 40 heavy (non-hydrogen) atoms. The van der Waals surface area contributed by atoms with Gasteiger partial charge in [0.25, 0.3) is 0 Å². The van der Waals surface area contributed by atoms with Crippen LogP contribution in [0.5, 0.6) is 0 Å². The minimum absolute atomic E-state index is 0.163. The Morgan fingerprint density at radius 1 is 1.00 bits per heavy atom. The molecule has 0 aliphatic carbocycles. The summed E-state index contributed by atoms with van der Waals surface area (Å²) in [5.74, 6) is -0.697. The molecule has 2 fully saturated rings. The summed E-state index contributed by atoms with van der Waals surface area (Å²) in [6.45, 7) is 12.3. The predicted molar refractivity (Wildman–Crippen MR) is 155 cm³/mol. The number of carbonyl (C=O) groups is 3. The summed E-state index contributed by atoms with van der Waals surface area (Å²) in [6, 6.07) is 14.3. The summed E-state index contributed by atoms with van der Waals surface area (Å²) in [5, 5.41) is 5.60. The smallest absolute Gasteiger partial charge is 0.453 e. The van der Waals surface area contributed by atoms with Gasteiger partial charge in [-0.05, 0) is 75.2 Å². The Morgan fingerprint density at radius 2 is 1.65 bits per heavy atom. The number of methoxy groups -OCH3 is 1. The number of likely N-dealkylation sites (tertiary alicyclic amines) is 1. The molecule has 2 atom stereocenters. The first kappa shape index (κ1) is 29.6. The normalized spacial score (nSPS) is 20.4. The third-order valence-corrected chi connectivity index (χ3v) is 8.13. The number of carbonyl (C=O) groups excluding carboxylic acids is 3. The Kier molecular flexibility index (Phi) is 8.61. The lowest BCUT2D eigenvalue weighted by atomic mass is 9.78. The third-order valence-electron chi connectivity index (χ3n) is 8.13. The van der Waals surface area contributed by atoms with E-state index < -0.39 is 36.5 Å². The van der Waals surface area contributed by atoms with Gasteiger partial charge in [-0.3, -0.25) is 9.59 Å². The molecule has 214 valence electrons. The summed E-state index contributed by atoms with van der Waals surface area (Å²) in [5.41, 5.74) is 2.71. The molecule has 10 heteroatoms. The van der Waals surface area contributed by atoms with Crippen molar-refractivity contribution in [2.75, 3.05) is 19.0 Å². The van der Waals surface area contributed by atoms with E-state index in [4.69, 9.17) is 9.31 Å². The molecule has 1 unspecified atom stereocenters. The monoisotopic (exact) mass is 549 g/mol. The van der Waals surface area contributed by atoms with Crippen LogP contribution in [0.25, 0.3) is 11.1 Å². The van der Waals surface area contributed by atoms with Gasteiger partial charge in [0.2, 0.25) is 11.8 Å². The summed E-state index contributed by atoms with van der Waals surface area (Å²) >= 11 is 0. The van der Waals surface area contributed by atoms with Crippen LogP contribution in [0, 0.1) is 5.92 Å². The molecule has 4 rings (SSSR count). The summed E-state index contributed by atoms with van der Waals surface area (Å²) < 4.78 is 17.0. The molecule has 2 aliphatic rings. The highest BCUT2D eigenvalue weighted by atomic mass is 16.7. The lowest BCUT2D eigenvalue weighted by molar-refractivity contribution is -0.139. The van der Waals surface area contributed by atoms with E-state index in [9.17, 15) is 14.4 Å². The highest BCUT2D eigenvalue weighted by molar-refractivity contribution is 6.62. The SMILES string of the molecule is COC(=O)NC(C(=O)N1CCC[C@H]1C(=O)Nc1cccc(-c2ccc(B3OC(C)(C)C(C)(C)O3)cc2)c1)C(C)C. The zero-order valence-electron chi connectivity index (χ0n) is 24.4. The van der Waals surface area contributed by atoms with Crippen molar-refractivity contribution in [3.05, 3.63) is 48.5 Å². The van der Waals surface area contributed by atoms with E-state index in [1.165, 1.54) is 7.11 Å². The third kappa shape index (κ3) is 6.18. The number of anilines is 1. The highest BCUT2D eigenvalue weighted by Gasteiger charge is 2.51. The van der Waals surface area contributed by atoms with Gasteiger partial charge in [-0.1, -0.05) is 50.2 Å². The van der Waals surface area contributed by atoms with Crippen molar-refractivity contribution in [3.63, 3.8) is 0 Å². The van der Waals surface area contributed by atoms with E-state index in [0.717, 1.165) is 16.6 Å². The van der Waals surface area contributed by atoms with Crippen LogP contribution in [0.15, 0.2) is 48.5 Å². The van der Waals surface area contributed by atoms with Crippen molar-refractivity contribution in [1.29, 1.82) is 0 Å². The Hall–Kier alpha value is -3.37. The van der Waals surface area contributed by atoms with E-state index in [-0.39, 0.29) is 17.7 Å². The molecule has 2 aliphatic heterocycles. The van der Waals surface area contributed by atoms with Gasteiger partial charge >= 0.3 is 13.2 Å². The van der Waals surface area contributed by atoms with Crippen LogP contribution in [0.1, 0.15) is 54.4 Å². The molecule has 9 nitrogen and oxygen atoms in total. The van der Waals surface area contributed by atoms with E-state index in [1.807, 2.05) is 90.1 Å². The van der Waals surface area contributed by atoms with E-state index in [2.05, 4.69) is 15.4 Å². The lowest BCUT2D eigenvalue weighted by Gasteiger charge is -2.32. The van der Waals surface area contributed by atoms with Crippen LogP contribution in [0.4, 0.5) is 10.5 Å². The number of nitrogens with zero attached hydrogens (tertiary/aromatic N) is 1. The topological polar surface area (TPSA) is 106 Å². The molecule has 2 N–H and O–H groups in total. The minimum atomic E-state index is -0.774. The second kappa shape index (κ2) is 11.6. The molecule has 3 amide bonds. The van der Waals surface area contributed by atoms with Crippen LogP contribution in [-0.2, 0) is 23.6 Å². The second-order valence-corrected chi connectivity index (χ2v) is 11.8. The largest absolute Gasteiger partial charge is 0.494 e. The first-order chi connectivity index (χ1) is 18.8. The van der Waals surface area contributed by atoms with Crippen molar-refractivity contribution in [3.8, 4) is 11.1 Å². The van der Waals surface area contributed by atoms with Crippen molar-refractivity contribution in [2.24, 2.45) is 5.92 Å². The summed E-state index contributed by atoms with van der Waals surface area (Å²) in [6.07, 6.45) is 0.594. The van der Waals surface area contributed by atoms with E-state index >= 15 is 0 Å². The molecule has 0 saturated carbocycles. The zero-order valence-corrected chi connectivity index (χ0v) is 24.4. The predicted octanol–water partition coefficient (Wildman–Crippen LogP) is 3.96. The van der Waals surface area contributed by atoms with Gasteiger partial charge in [0.15, 0.2) is 0 Å². The number of alkyl carbamates (subject to hydrolysis) is 1. The van der Waals surface area contributed by atoms with Crippen molar-refractivity contribution >= 4 is 36.2 Å². The van der Waals surface area contributed by atoms with Crippen LogP contribution in [0.3, 0.4) is 0 Å². The van der Waals surface area contributed by atoms with Gasteiger partial charge in [-0.2, -0.15) is 0 Å². The Morgan fingerprint density at radius 3 is 2.25 bits per heavy atom. The number of benzene rings is 2. The number of ether oxygens (including phenoxy) is 1. The van der Waals surface area contributed by atoms with Crippen LogP contribution < -0.4 is 16.1 Å². The number of nitrogens with one attached hydrogen (secondary N) is 2. The van der Waals surface area contributed by atoms with Crippen molar-refractivity contribution in [1.82, 2.24) is 10.2 Å². The van der Waals surface area contributed by atoms with Crippen molar-refractivity contribution in [2.45, 2.75) is 77.7 Å². The van der Waals surface area contributed by atoms with Gasteiger partial charge in [-0.25, -0.2) is 4.79 Å². The average Bonchev–Trinajstić information content (AvgIpc) is 3.48. The molecule has 2 aromatic rings. The maximum atomic E-state index is 13.3. The fourth-order valence-corrected chi connectivity index (χ4v) is 5.00. The minimum Gasteiger partial charge on any atom is -0.453 e. The van der Waals surface area contributed by atoms with Crippen LogP contribution in [0.2, 0.25) is 0 Å². The number of hydrogen-bond donors (Lipinski definition) is 2. The lowest BCUT2D eigenvalue weighted by Crippen LogP contribution is -2.54. The molecule has 0 bridgehead atoms. The standard InChI is InChI=1S/C30H40BN3O6/c1-19(2)25(33-28(37)38-7)27(36)34-17-9-12-24(34)26(35)32-23-11-8-10-21(18-23)20-13-15-22(16-14-20)31-39-29(3,4)30(5,6)40-31/h8,10-11,13-16,18-19,24-25H,9,12,17H2,1-7H3,(H,32,35)(H,33,37)/t24-,25?/m0/s1. The molecule has 0 spiro atoms. The molecular formula is C30H40BN3O6.